The highest BCUT2D eigenvalue weighted by molar-refractivity contribution is 7.13. The van der Waals surface area contributed by atoms with Gasteiger partial charge in [-0.15, -0.1) is 22.9 Å². The third kappa shape index (κ3) is 3.51. The van der Waals surface area contributed by atoms with E-state index in [1.807, 2.05) is 5.38 Å². The maximum Gasteiger partial charge on any atom is 0.203 e. The van der Waals surface area contributed by atoms with Crippen LogP contribution in [-0.4, -0.2) is 11.2 Å². The molecule has 0 saturated carbocycles. The van der Waals surface area contributed by atoms with Gasteiger partial charge in [0, 0.05) is 5.38 Å². The van der Waals surface area contributed by atoms with E-state index in [-0.39, 0.29) is 5.82 Å². The summed E-state index contributed by atoms with van der Waals surface area (Å²) in [6, 6.07) is 6.06. The van der Waals surface area contributed by atoms with Crippen LogP contribution in [0.5, 0.6) is 0 Å². The first-order valence-electron chi connectivity index (χ1n) is 4.83. The van der Waals surface area contributed by atoms with E-state index in [1.165, 1.54) is 23.5 Å². The summed E-state index contributed by atoms with van der Waals surface area (Å²) < 4.78 is 12.6. The lowest BCUT2D eigenvalue weighted by Crippen LogP contribution is -1.90. The molecular formula is C11H9ClFN3S. The quantitative estimate of drug-likeness (QED) is 0.524. The van der Waals surface area contributed by atoms with Crippen molar-refractivity contribution in [2.24, 2.45) is 5.10 Å². The average Bonchev–Trinajstić information content (AvgIpc) is 2.80. The molecule has 2 rings (SSSR count). The van der Waals surface area contributed by atoms with Gasteiger partial charge in [-0.05, 0) is 17.7 Å². The zero-order valence-electron chi connectivity index (χ0n) is 8.73. The molecule has 0 radical (unpaired) electrons. The maximum atomic E-state index is 12.6. The fourth-order valence-corrected chi connectivity index (χ4v) is 2.02. The average molecular weight is 270 g/mol. The topological polar surface area (TPSA) is 37.3 Å². The molecule has 0 spiro atoms. The Morgan fingerprint density at radius 3 is 2.82 bits per heavy atom. The molecule has 3 nitrogen and oxygen atoms in total. The molecule has 0 bridgehead atoms. The third-order valence-electron chi connectivity index (χ3n) is 1.93. The normalized spacial score (nSPS) is 10.9. The van der Waals surface area contributed by atoms with Crippen molar-refractivity contribution in [1.82, 2.24) is 4.98 Å². The zero-order chi connectivity index (χ0) is 12.1. The number of nitrogens with zero attached hydrogens (tertiary/aromatic N) is 2. The second kappa shape index (κ2) is 5.75. The summed E-state index contributed by atoms with van der Waals surface area (Å²) in [5.74, 6) is 0.127. The van der Waals surface area contributed by atoms with E-state index >= 15 is 0 Å². The molecule has 6 heteroatoms. The Morgan fingerprint density at radius 1 is 1.41 bits per heavy atom. The molecule has 0 aliphatic rings. The standard InChI is InChI=1S/C11H9ClFN3S/c12-5-10-7-17-11(15-10)16-14-6-8-1-3-9(13)4-2-8/h1-4,6-7H,5H2,(H,15,16). The number of nitrogens with one attached hydrogen (secondary N) is 1. The van der Waals surface area contributed by atoms with Crippen molar-refractivity contribution in [3.63, 3.8) is 0 Å². The smallest absolute Gasteiger partial charge is 0.203 e. The molecule has 0 fully saturated rings. The van der Waals surface area contributed by atoms with Gasteiger partial charge >= 0.3 is 0 Å². The molecule has 0 atom stereocenters. The van der Waals surface area contributed by atoms with Crippen molar-refractivity contribution in [2.75, 3.05) is 5.43 Å². The van der Waals surface area contributed by atoms with Gasteiger partial charge in [0.05, 0.1) is 17.8 Å². The van der Waals surface area contributed by atoms with E-state index in [2.05, 4.69) is 15.5 Å². The predicted octanol–water partition coefficient (Wildman–Crippen LogP) is 3.47. The van der Waals surface area contributed by atoms with Crippen LogP contribution in [0.25, 0.3) is 0 Å². The van der Waals surface area contributed by atoms with Gasteiger partial charge < -0.3 is 0 Å². The largest absolute Gasteiger partial charge is 0.253 e. The molecule has 1 aromatic heterocycles. The van der Waals surface area contributed by atoms with E-state index in [0.717, 1.165) is 11.3 Å². The first-order valence-corrected chi connectivity index (χ1v) is 6.24. The van der Waals surface area contributed by atoms with Crippen molar-refractivity contribution in [1.29, 1.82) is 0 Å². The first kappa shape index (κ1) is 12.0. The Hall–Kier alpha value is -1.46. The Bertz CT molecular complexity index is 510. The van der Waals surface area contributed by atoms with Gasteiger partial charge in [0.15, 0.2) is 0 Å². The van der Waals surface area contributed by atoms with Crippen LogP contribution in [0.1, 0.15) is 11.3 Å². The zero-order valence-corrected chi connectivity index (χ0v) is 10.3. The number of hydrazone groups is 1. The van der Waals surface area contributed by atoms with Gasteiger partial charge in [0.25, 0.3) is 0 Å². The van der Waals surface area contributed by atoms with E-state index in [4.69, 9.17) is 11.6 Å². The number of hydrogen-bond donors (Lipinski definition) is 1. The fourth-order valence-electron chi connectivity index (χ4n) is 1.13. The lowest BCUT2D eigenvalue weighted by molar-refractivity contribution is 0.628. The van der Waals surface area contributed by atoms with Gasteiger partial charge in [0.2, 0.25) is 5.13 Å². The van der Waals surface area contributed by atoms with Gasteiger partial charge in [-0.3, -0.25) is 5.43 Å². The molecule has 0 saturated heterocycles. The molecule has 0 aliphatic heterocycles. The van der Waals surface area contributed by atoms with Gasteiger partial charge in [-0.25, -0.2) is 9.37 Å². The number of hydrogen-bond acceptors (Lipinski definition) is 4. The molecular weight excluding hydrogens is 261 g/mol. The fraction of sp³-hybridized carbons (Fsp3) is 0.0909. The summed E-state index contributed by atoms with van der Waals surface area (Å²) in [5.41, 5.74) is 4.42. The van der Waals surface area contributed by atoms with Crippen LogP contribution in [0.3, 0.4) is 0 Å². The van der Waals surface area contributed by atoms with Gasteiger partial charge in [-0.2, -0.15) is 5.10 Å². The molecule has 1 heterocycles. The minimum absolute atomic E-state index is 0.262. The SMILES string of the molecule is Fc1ccc(C=NNc2nc(CCl)cs2)cc1. The predicted molar refractivity (Wildman–Crippen MR) is 69.3 cm³/mol. The number of anilines is 1. The minimum Gasteiger partial charge on any atom is -0.253 e. The minimum atomic E-state index is -0.262. The Kier molecular flexibility index (Phi) is 4.06. The monoisotopic (exact) mass is 269 g/mol. The molecule has 1 N–H and O–H groups in total. The van der Waals surface area contributed by atoms with Crippen molar-refractivity contribution in [2.45, 2.75) is 5.88 Å². The summed E-state index contributed by atoms with van der Waals surface area (Å²) in [6.07, 6.45) is 1.60. The first-order chi connectivity index (χ1) is 8.28. The van der Waals surface area contributed by atoms with Crippen LogP contribution in [-0.2, 0) is 5.88 Å². The molecule has 1 aromatic carbocycles. The van der Waals surface area contributed by atoms with Crippen LogP contribution in [0.4, 0.5) is 9.52 Å². The lowest BCUT2D eigenvalue weighted by atomic mass is 10.2. The Balaban J connectivity index is 1.95. The molecule has 0 amide bonds. The van der Waals surface area contributed by atoms with Gasteiger partial charge in [0.1, 0.15) is 5.82 Å². The molecule has 2 aromatic rings. The van der Waals surface area contributed by atoms with Crippen LogP contribution < -0.4 is 5.43 Å². The molecule has 0 aliphatic carbocycles. The number of rotatable bonds is 4. The number of thiazole rings is 1. The summed E-state index contributed by atoms with van der Waals surface area (Å²) >= 11 is 7.06. The van der Waals surface area contributed by atoms with Gasteiger partial charge in [-0.1, -0.05) is 12.1 Å². The number of benzene rings is 1. The van der Waals surface area contributed by atoms with Crippen molar-refractivity contribution >= 4 is 34.3 Å². The summed E-state index contributed by atoms with van der Waals surface area (Å²) in [4.78, 5) is 4.18. The molecule has 88 valence electrons. The van der Waals surface area contributed by atoms with E-state index < -0.39 is 0 Å². The summed E-state index contributed by atoms with van der Waals surface area (Å²) in [7, 11) is 0. The molecule has 0 unspecified atom stereocenters. The Morgan fingerprint density at radius 2 is 2.18 bits per heavy atom. The highest BCUT2D eigenvalue weighted by atomic mass is 35.5. The third-order valence-corrected chi connectivity index (χ3v) is 3.00. The number of halogens is 2. The van der Waals surface area contributed by atoms with Crippen molar-refractivity contribution in [3.8, 4) is 0 Å². The van der Waals surface area contributed by atoms with E-state index in [9.17, 15) is 4.39 Å². The van der Waals surface area contributed by atoms with Crippen LogP contribution >= 0.6 is 22.9 Å². The van der Waals surface area contributed by atoms with Crippen LogP contribution in [0.2, 0.25) is 0 Å². The summed E-state index contributed by atoms with van der Waals surface area (Å²) in [6.45, 7) is 0. The maximum absolute atomic E-state index is 12.6. The molecule has 17 heavy (non-hydrogen) atoms. The lowest BCUT2D eigenvalue weighted by Gasteiger charge is -1.94. The second-order valence-electron chi connectivity index (χ2n) is 3.20. The van der Waals surface area contributed by atoms with Crippen LogP contribution in [0.15, 0.2) is 34.7 Å². The Labute approximate surface area is 107 Å². The van der Waals surface area contributed by atoms with Crippen LogP contribution in [0, 0.1) is 5.82 Å². The van der Waals surface area contributed by atoms with Crippen molar-refractivity contribution < 1.29 is 4.39 Å². The van der Waals surface area contributed by atoms with Crippen molar-refractivity contribution in [3.05, 3.63) is 46.7 Å². The van der Waals surface area contributed by atoms with E-state index in [1.54, 1.807) is 18.3 Å². The second-order valence-corrected chi connectivity index (χ2v) is 4.32. The summed E-state index contributed by atoms with van der Waals surface area (Å²) in [5, 5.41) is 6.54. The highest BCUT2D eigenvalue weighted by Crippen LogP contribution is 2.16. The number of alkyl halides is 1. The highest BCUT2D eigenvalue weighted by Gasteiger charge is 1.98. The van der Waals surface area contributed by atoms with E-state index in [0.29, 0.717) is 11.0 Å². The number of aromatic nitrogens is 1.